The number of aromatic nitrogens is 2. The second kappa shape index (κ2) is 6.30. The first-order chi connectivity index (χ1) is 10.0. The number of benzene rings is 1. The van der Waals surface area contributed by atoms with Crippen LogP contribution in [0.15, 0.2) is 30.5 Å². The highest BCUT2D eigenvalue weighted by Gasteiger charge is 2.11. The number of carboxylic acid groups (broad SMARTS) is 1. The number of hydrogen-bond acceptors (Lipinski definition) is 4. The Kier molecular flexibility index (Phi) is 4.47. The van der Waals surface area contributed by atoms with Crippen LogP contribution >= 0.6 is 0 Å². The van der Waals surface area contributed by atoms with E-state index in [4.69, 9.17) is 14.6 Å². The van der Waals surface area contributed by atoms with E-state index >= 15 is 0 Å². The van der Waals surface area contributed by atoms with Gasteiger partial charge >= 0.3 is 5.97 Å². The van der Waals surface area contributed by atoms with Crippen LogP contribution in [-0.4, -0.2) is 28.0 Å². The third-order valence-electron chi connectivity index (χ3n) is 2.98. The van der Waals surface area contributed by atoms with Crippen molar-refractivity contribution in [2.75, 3.05) is 7.11 Å². The van der Waals surface area contributed by atoms with Crippen molar-refractivity contribution in [1.29, 1.82) is 0 Å². The van der Waals surface area contributed by atoms with Crippen LogP contribution in [0.5, 0.6) is 11.5 Å². The highest BCUT2D eigenvalue weighted by Crippen LogP contribution is 2.28. The summed E-state index contributed by atoms with van der Waals surface area (Å²) in [5.41, 5.74) is 0.955. The first-order valence-electron chi connectivity index (χ1n) is 6.59. The van der Waals surface area contributed by atoms with E-state index in [1.165, 1.54) is 19.2 Å². The Labute approximate surface area is 122 Å². The van der Waals surface area contributed by atoms with Crippen molar-refractivity contribution in [2.45, 2.75) is 26.5 Å². The van der Waals surface area contributed by atoms with E-state index < -0.39 is 5.97 Å². The van der Waals surface area contributed by atoms with E-state index in [-0.39, 0.29) is 5.56 Å². The normalized spacial score (nSPS) is 10.7. The fourth-order valence-electron chi connectivity index (χ4n) is 1.81. The Balaban J connectivity index is 2.10. The zero-order valence-electron chi connectivity index (χ0n) is 12.2. The number of methoxy groups -OCH3 is 1. The molecule has 21 heavy (non-hydrogen) atoms. The molecule has 0 amide bonds. The molecule has 0 aliphatic heterocycles. The maximum absolute atomic E-state index is 10.9. The Morgan fingerprint density at radius 1 is 1.33 bits per heavy atom. The van der Waals surface area contributed by atoms with Crippen LogP contribution in [0.25, 0.3) is 0 Å². The van der Waals surface area contributed by atoms with Gasteiger partial charge in [-0.15, -0.1) is 0 Å². The van der Waals surface area contributed by atoms with Gasteiger partial charge < -0.3 is 14.6 Å². The molecule has 2 rings (SSSR count). The maximum Gasteiger partial charge on any atom is 0.335 e. The molecule has 6 nitrogen and oxygen atoms in total. The number of ether oxygens (including phenoxy) is 2. The molecule has 1 aromatic heterocycles. The van der Waals surface area contributed by atoms with Gasteiger partial charge in [0, 0.05) is 12.2 Å². The molecule has 0 radical (unpaired) electrons. The monoisotopic (exact) mass is 290 g/mol. The zero-order chi connectivity index (χ0) is 15.4. The van der Waals surface area contributed by atoms with E-state index in [1.54, 1.807) is 6.07 Å². The van der Waals surface area contributed by atoms with Gasteiger partial charge in [-0.05, 0) is 38.1 Å². The van der Waals surface area contributed by atoms with Crippen molar-refractivity contribution in [3.05, 3.63) is 41.7 Å². The second-order valence-corrected chi connectivity index (χ2v) is 4.84. The minimum atomic E-state index is -1.00. The molecule has 0 aliphatic carbocycles. The summed E-state index contributed by atoms with van der Waals surface area (Å²) in [7, 11) is 1.47. The third kappa shape index (κ3) is 3.53. The molecule has 0 spiro atoms. The van der Waals surface area contributed by atoms with E-state index in [1.807, 2.05) is 30.8 Å². The lowest BCUT2D eigenvalue weighted by molar-refractivity contribution is 0.0696. The molecule has 1 N–H and O–H groups in total. The summed E-state index contributed by atoms with van der Waals surface area (Å²) in [4.78, 5) is 10.9. The van der Waals surface area contributed by atoms with E-state index in [2.05, 4.69) is 5.10 Å². The number of aromatic carboxylic acids is 1. The van der Waals surface area contributed by atoms with E-state index in [9.17, 15) is 4.79 Å². The summed E-state index contributed by atoms with van der Waals surface area (Å²) in [5.74, 6) is -0.129. The van der Waals surface area contributed by atoms with Gasteiger partial charge in [0.2, 0.25) is 0 Å². The lowest BCUT2D eigenvalue weighted by Crippen LogP contribution is -2.04. The second-order valence-electron chi connectivity index (χ2n) is 4.84. The topological polar surface area (TPSA) is 73.6 Å². The lowest BCUT2D eigenvalue weighted by atomic mass is 10.2. The summed E-state index contributed by atoms with van der Waals surface area (Å²) in [6.45, 7) is 4.39. The van der Waals surface area contributed by atoms with Crippen molar-refractivity contribution >= 4 is 5.97 Å². The number of nitrogens with zero attached hydrogens (tertiary/aromatic N) is 2. The van der Waals surface area contributed by atoms with E-state index in [0.717, 1.165) is 5.69 Å². The Bertz CT molecular complexity index is 634. The van der Waals surface area contributed by atoms with Crippen LogP contribution in [0.1, 0.15) is 35.9 Å². The molecular formula is C15H18N2O4. The summed E-state index contributed by atoms with van der Waals surface area (Å²) < 4.78 is 12.7. The first-order valence-corrected chi connectivity index (χ1v) is 6.59. The fourth-order valence-corrected chi connectivity index (χ4v) is 1.81. The lowest BCUT2D eigenvalue weighted by Gasteiger charge is -2.10. The molecule has 0 saturated carbocycles. The van der Waals surface area contributed by atoms with Crippen LogP contribution in [0, 0.1) is 0 Å². The number of carboxylic acids is 1. The van der Waals surface area contributed by atoms with Crippen LogP contribution in [0.3, 0.4) is 0 Å². The third-order valence-corrected chi connectivity index (χ3v) is 2.98. The number of hydrogen-bond donors (Lipinski definition) is 1. The minimum absolute atomic E-state index is 0.156. The number of rotatable bonds is 6. The van der Waals surface area contributed by atoms with E-state index in [0.29, 0.717) is 24.1 Å². The molecule has 0 unspecified atom stereocenters. The summed E-state index contributed by atoms with van der Waals surface area (Å²) in [6.07, 6.45) is 1.90. The van der Waals surface area contributed by atoms with Crippen molar-refractivity contribution < 1.29 is 19.4 Å². The quantitative estimate of drug-likeness (QED) is 0.885. The van der Waals surface area contributed by atoms with Gasteiger partial charge in [0.05, 0.1) is 18.4 Å². The smallest absolute Gasteiger partial charge is 0.335 e. The highest BCUT2D eigenvalue weighted by atomic mass is 16.5. The molecule has 6 heteroatoms. The largest absolute Gasteiger partial charge is 0.493 e. The molecule has 0 saturated heterocycles. The molecule has 2 aromatic rings. The Hall–Kier alpha value is -2.50. The van der Waals surface area contributed by atoms with Crippen LogP contribution in [-0.2, 0) is 6.61 Å². The molecule has 0 aliphatic rings. The molecular weight excluding hydrogens is 272 g/mol. The first kappa shape index (κ1) is 14.9. The van der Waals surface area contributed by atoms with Crippen LogP contribution in [0.4, 0.5) is 0 Å². The molecule has 112 valence electrons. The zero-order valence-corrected chi connectivity index (χ0v) is 12.2. The Morgan fingerprint density at radius 3 is 2.67 bits per heavy atom. The van der Waals surface area contributed by atoms with Crippen molar-refractivity contribution in [3.8, 4) is 11.5 Å². The van der Waals surface area contributed by atoms with Gasteiger partial charge in [-0.1, -0.05) is 0 Å². The Morgan fingerprint density at radius 2 is 2.10 bits per heavy atom. The highest BCUT2D eigenvalue weighted by molar-refractivity contribution is 5.88. The molecule has 1 heterocycles. The van der Waals surface area contributed by atoms with Gasteiger partial charge in [-0.25, -0.2) is 4.79 Å². The average Bonchev–Trinajstić information content (AvgIpc) is 2.93. The predicted octanol–water partition coefficient (Wildman–Crippen LogP) is 2.75. The van der Waals surface area contributed by atoms with Crippen molar-refractivity contribution in [2.24, 2.45) is 0 Å². The standard InChI is InChI=1S/C15H18N2O4/c1-10(2)17-7-6-12(16-17)9-21-13-5-4-11(15(18)19)8-14(13)20-3/h4-8,10H,9H2,1-3H3,(H,18,19). The molecule has 1 aromatic carbocycles. The molecule has 0 bridgehead atoms. The van der Waals surface area contributed by atoms with Crippen molar-refractivity contribution in [1.82, 2.24) is 9.78 Å². The average molecular weight is 290 g/mol. The minimum Gasteiger partial charge on any atom is -0.493 e. The predicted molar refractivity (Wildman–Crippen MR) is 76.9 cm³/mol. The van der Waals surface area contributed by atoms with Gasteiger partial charge in [0.15, 0.2) is 11.5 Å². The molecule has 0 atom stereocenters. The maximum atomic E-state index is 10.9. The van der Waals surface area contributed by atoms with Gasteiger partial charge in [-0.3, -0.25) is 4.68 Å². The SMILES string of the molecule is COc1cc(C(=O)O)ccc1OCc1ccn(C(C)C)n1. The van der Waals surface area contributed by atoms with Gasteiger partial charge in [0.25, 0.3) is 0 Å². The van der Waals surface area contributed by atoms with Crippen LogP contribution in [0.2, 0.25) is 0 Å². The summed E-state index contributed by atoms with van der Waals surface area (Å²) in [6, 6.07) is 6.68. The van der Waals surface area contributed by atoms with Gasteiger partial charge in [-0.2, -0.15) is 5.10 Å². The van der Waals surface area contributed by atoms with Gasteiger partial charge in [0.1, 0.15) is 6.61 Å². The summed E-state index contributed by atoms with van der Waals surface area (Å²) >= 11 is 0. The van der Waals surface area contributed by atoms with Crippen LogP contribution < -0.4 is 9.47 Å². The molecule has 0 fully saturated rings. The van der Waals surface area contributed by atoms with Crippen molar-refractivity contribution in [3.63, 3.8) is 0 Å². The fraction of sp³-hybridized carbons (Fsp3) is 0.333. The summed E-state index contributed by atoms with van der Waals surface area (Å²) in [5, 5.41) is 13.3. The number of carbonyl (C=O) groups is 1.